The number of nitrogens with two attached hydrogens (primary N) is 1. The molecule has 1 aromatic carbocycles. The van der Waals surface area contributed by atoms with Gasteiger partial charge in [0.25, 0.3) is 0 Å². The van der Waals surface area contributed by atoms with E-state index in [1.54, 1.807) is 12.1 Å². The van der Waals surface area contributed by atoms with Crippen molar-refractivity contribution in [2.45, 2.75) is 24.7 Å². The van der Waals surface area contributed by atoms with Crippen molar-refractivity contribution >= 4 is 15.5 Å². The van der Waals surface area contributed by atoms with Crippen molar-refractivity contribution in [3.8, 4) is 5.75 Å². The van der Waals surface area contributed by atoms with Crippen LogP contribution in [0.15, 0.2) is 23.1 Å². The van der Waals surface area contributed by atoms with Crippen molar-refractivity contribution in [1.82, 2.24) is 0 Å². The first-order valence-electron chi connectivity index (χ1n) is 6.35. The minimum absolute atomic E-state index is 0.0780. The summed E-state index contributed by atoms with van der Waals surface area (Å²) in [5.74, 6) is 0.697. The highest BCUT2D eigenvalue weighted by atomic mass is 32.2. The van der Waals surface area contributed by atoms with Crippen LogP contribution in [0.1, 0.15) is 19.8 Å². The van der Waals surface area contributed by atoms with Crippen LogP contribution in [0, 0.1) is 5.92 Å². The largest absolute Gasteiger partial charge is 0.494 e. The Morgan fingerprint density at radius 1 is 1.37 bits per heavy atom. The first kappa shape index (κ1) is 14.1. The third-order valence-corrected chi connectivity index (χ3v) is 4.42. The van der Waals surface area contributed by atoms with Crippen LogP contribution in [0.25, 0.3) is 0 Å². The van der Waals surface area contributed by atoms with E-state index in [-0.39, 0.29) is 16.5 Å². The van der Waals surface area contributed by atoms with E-state index >= 15 is 0 Å². The molecule has 1 aromatic rings. The van der Waals surface area contributed by atoms with E-state index in [0.717, 1.165) is 12.8 Å². The molecule has 6 heteroatoms. The van der Waals surface area contributed by atoms with E-state index in [9.17, 15) is 8.42 Å². The summed E-state index contributed by atoms with van der Waals surface area (Å²) < 4.78 is 34.8. The molecular formula is C13H19NO4S. The van der Waals surface area contributed by atoms with Crippen LogP contribution < -0.4 is 10.5 Å². The summed E-state index contributed by atoms with van der Waals surface area (Å²) in [6.45, 7) is 2.81. The van der Waals surface area contributed by atoms with Crippen molar-refractivity contribution in [2.75, 3.05) is 24.9 Å². The van der Waals surface area contributed by atoms with E-state index in [0.29, 0.717) is 24.9 Å². The maximum Gasteiger partial charge on any atom is 0.204 e. The fraction of sp³-hybridized carbons (Fsp3) is 0.538. The molecule has 1 saturated carbocycles. The van der Waals surface area contributed by atoms with Gasteiger partial charge in [-0.15, -0.1) is 0 Å². The molecule has 19 heavy (non-hydrogen) atoms. The lowest BCUT2D eigenvalue weighted by atomic mass is 10.3. The molecule has 0 bridgehead atoms. The zero-order valence-electron chi connectivity index (χ0n) is 11.0. The molecule has 1 aliphatic rings. The molecule has 0 spiro atoms. The number of nitrogen functional groups attached to an aromatic ring is 1. The molecular weight excluding hydrogens is 266 g/mol. The topological polar surface area (TPSA) is 78.6 Å². The molecule has 106 valence electrons. The van der Waals surface area contributed by atoms with Crippen LogP contribution in [-0.4, -0.2) is 27.6 Å². The summed E-state index contributed by atoms with van der Waals surface area (Å²) in [6, 6.07) is 4.65. The Hall–Kier alpha value is -1.27. The maximum atomic E-state index is 12.2. The molecule has 2 N–H and O–H groups in total. The Bertz CT molecular complexity index is 538. The van der Waals surface area contributed by atoms with Crippen LogP contribution in [0.2, 0.25) is 0 Å². The van der Waals surface area contributed by atoms with Gasteiger partial charge >= 0.3 is 0 Å². The number of hydrogen-bond acceptors (Lipinski definition) is 5. The summed E-state index contributed by atoms with van der Waals surface area (Å²) in [7, 11) is -3.53. The molecule has 1 aliphatic carbocycles. The number of rotatable bonds is 7. The average molecular weight is 285 g/mol. The van der Waals surface area contributed by atoms with Gasteiger partial charge in [0.2, 0.25) is 9.84 Å². The lowest BCUT2D eigenvalue weighted by Gasteiger charge is -2.10. The van der Waals surface area contributed by atoms with E-state index in [4.69, 9.17) is 15.2 Å². The molecule has 0 amide bonds. The maximum absolute atomic E-state index is 12.2. The predicted molar refractivity (Wildman–Crippen MR) is 72.8 cm³/mol. The number of sulfone groups is 1. The molecule has 0 unspecified atom stereocenters. The lowest BCUT2D eigenvalue weighted by molar-refractivity contribution is 0.165. The van der Waals surface area contributed by atoms with Gasteiger partial charge in [-0.3, -0.25) is 0 Å². The first-order valence-corrected chi connectivity index (χ1v) is 8.01. The molecule has 0 saturated heterocycles. The van der Waals surface area contributed by atoms with Crippen molar-refractivity contribution in [2.24, 2.45) is 5.92 Å². The Morgan fingerprint density at radius 2 is 2.11 bits per heavy atom. The Kier molecular flexibility index (Phi) is 4.31. The van der Waals surface area contributed by atoms with E-state index < -0.39 is 9.84 Å². The monoisotopic (exact) mass is 285 g/mol. The number of hydrogen-bond donors (Lipinski definition) is 1. The molecule has 0 atom stereocenters. The van der Waals surface area contributed by atoms with Crippen molar-refractivity contribution in [3.05, 3.63) is 18.2 Å². The summed E-state index contributed by atoms with van der Waals surface area (Å²) in [4.78, 5) is 0.0780. The normalized spacial score (nSPS) is 15.4. The molecule has 2 rings (SSSR count). The minimum atomic E-state index is -3.53. The third kappa shape index (κ3) is 3.84. The molecule has 1 fully saturated rings. The highest BCUT2D eigenvalue weighted by Gasteiger charge is 2.24. The second kappa shape index (κ2) is 5.79. The van der Waals surface area contributed by atoms with E-state index in [1.807, 2.05) is 6.92 Å². The smallest absolute Gasteiger partial charge is 0.204 e. The van der Waals surface area contributed by atoms with Gasteiger partial charge in [0.1, 0.15) is 5.75 Å². The number of anilines is 1. The van der Waals surface area contributed by atoms with Gasteiger partial charge in [-0.25, -0.2) is 8.42 Å². The summed E-state index contributed by atoms with van der Waals surface area (Å²) >= 11 is 0. The summed E-state index contributed by atoms with van der Waals surface area (Å²) in [6.07, 6.45) is 2.25. The lowest BCUT2D eigenvalue weighted by Crippen LogP contribution is -2.13. The van der Waals surface area contributed by atoms with Crippen LogP contribution in [0.3, 0.4) is 0 Å². The molecule has 5 nitrogen and oxygen atoms in total. The Morgan fingerprint density at radius 3 is 2.74 bits per heavy atom. The minimum Gasteiger partial charge on any atom is -0.494 e. The van der Waals surface area contributed by atoms with Gasteiger partial charge in [-0.1, -0.05) is 0 Å². The van der Waals surface area contributed by atoms with Crippen LogP contribution in [-0.2, 0) is 14.6 Å². The fourth-order valence-electron chi connectivity index (χ4n) is 1.71. The zero-order chi connectivity index (χ0) is 13.9. The quantitative estimate of drug-likeness (QED) is 0.773. The van der Waals surface area contributed by atoms with Crippen LogP contribution in [0.4, 0.5) is 5.69 Å². The number of ether oxygens (including phenoxy) is 2. The van der Waals surface area contributed by atoms with Gasteiger partial charge in [-0.2, -0.15) is 0 Å². The third-order valence-electron chi connectivity index (χ3n) is 2.92. The molecule has 0 aromatic heterocycles. The Balaban J connectivity index is 2.10. The van der Waals surface area contributed by atoms with Crippen molar-refractivity contribution in [3.63, 3.8) is 0 Å². The van der Waals surface area contributed by atoms with Gasteiger partial charge in [0, 0.05) is 6.07 Å². The first-order chi connectivity index (χ1) is 9.03. The highest BCUT2D eigenvalue weighted by molar-refractivity contribution is 7.91. The van der Waals surface area contributed by atoms with Gasteiger partial charge in [0.05, 0.1) is 23.8 Å². The molecule has 0 aliphatic heterocycles. The summed E-state index contributed by atoms with van der Waals surface area (Å²) in [5, 5.41) is 0. The second-order valence-electron chi connectivity index (χ2n) is 4.68. The standard InChI is InChI=1S/C13H19NO4S/c1-2-18-11-5-6-12(14)13(7-11)19(15,16)9-17-8-10-3-4-10/h5-7,10H,2-4,8-9,14H2,1H3. The van der Waals surface area contributed by atoms with Crippen molar-refractivity contribution in [1.29, 1.82) is 0 Å². The second-order valence-corrected chi connectivity index (χ2v) is 6.58. The molecule has 0 radical (unpaired) electrons. The zero-order valence-corrected chi connectivity index (χ0v) is 11.8. The average Bonchev–Trinajstić information content (AvgIpc) is 3.15. The van der Waals surface area contributed by atoms with E-state index in [1.165, 1.54) is 6.07 Å². The Labute approximate surface area is 113 Å². The van der Waals surface area contributed by atoms with Crippen LogP contribution >= 0.6 is 0 Å². The highest BCUT2D eigenvalue weighted by Crippen LogP contribution is 2.30. The van der Waals surface area contributed by atoms with Gasteiger partial charge in [0.15, 0.2) is 5.94 Å². The SMILES string of the molecule is CCOc1ccc(N)c(S(=O)(=O)COCC2CC2)c1. The van der Waals surface area contributed by atoms with E-state index in [2.05, 4.69) is 0 Å². The molecule has 0 heterocycles. The van der Waals surface area contributed by atoms with Crippen LogP contribution in [0.5, 0.6) is 5.75 Å². The fourth-order valence-corrected chi connectivity index (χ4v) is 2.88. The predicted octanol–water partition coefficient (Wildman–Crippen LogP) is 1.83. The van der Waals surface area contributed by atoms with Gasteiger partial charge < -0.3 is 15.2 Å². The summed E-state index contributed by atoms with van der Waals surface area (Å²) in [5.41, 5.74) is 5.95. The van der Waals surface area contributed by atoms with Crippen molar-refractivity contribution < 1.29 is 17.9 Å². The van der Waals surface area contributed by atoms with Gasteiger partial charge in [-0.05, 0) is 37.8 Å². The number of benzene rings is 1.